The normalized spacial score (nSPS) is 18.2. The number of amides is 1. The third-order valence-corrected chi connectivity index (χ3v) is 8.30. The fourth-order valence-electron chi connectivity index (χ4n) is 5.83. The Kier molecular flexibility index (Phi) is 9.00. The van der Waals surface area contributed by atoms with E-state index in [0.717, 1.165) is 76.7 Å². The quantitative estimate of drug-likeness (QED) is 0.366. The molecule has 13 heteroatoms. The predicted molar refractivity (Wildman–Crippen MR) is 163 cm³/mol. The average molecular weight is 592 g/mol. The lowest BCUT2D eigenvalue weighted by atomic mass is 10.2. The third kappa shape index (κ3) is 6.43. The van der Waals surface area contributed by atoms with Crippen molar-refractivity contribution in [3.05, 3.63) is 35.7 Å². The Morgan fingerprint density at radius 3 is 2.56 bits per heavy atom. The lowest BCUT2D eigenvalue weighted by molar-refractivity contribution is 0.0357. The van der Waals surface area contributed by atoms with Gasteiger partial charge < -0.3 is 24.4 Å². The number of fused-ring (bicyclic) bond motifs is 3. The Labute approximate surface area is 251 Å². The standard InChI is InChI=1S/C30H41N9O4/c1-21(2)37-10-12-38(13-11-37)29-32-19-22(20-33-29)28(40)35-30-34-25-23(27-31-7-9-39(27)30)5-6-24(26(25)41-3)43-16-4-8-36-14-17-42-18-15-36/h5-6,19-21,31H,4,7-18H2,1-3H3. The highest BCUT2D eigenvalue weighted by atomic mass is 16.5. The Bertz CT molecular complexity index is 1490. The molecule has 3 aliphatic rings. The van der Waals surface area contributed by atoms with Gasteiger partial charge in [-0.05, 0) is 32.4 Å². The van der Waals surface area contributed by atoms with Crippen molar-refractivity contribution >= 4 is 28.6 Å². The fourth-order valence-corrected chi connectivity index (χ4v) is 5.83. The van der Waals surface area contributed by atoms with Gasteiger partial charge in [0.1, 0.15) is 11.3 Å². The molecule has 1 N–H and O–H groups in total. The van der Waals surface area contributed by atoms with Gasteiger partial charge in [0.25, 0.3) is 5.91 Å². The summed E-state index contributed by atoms with van der Waals surface area (Å²) in [7, 11) is 1.61. The highest BCUT2D eigenvalue weighted by Crippen LogP contribution is 2.37. The Hall–Kier alpha value is -3.81. The van der Waals surface area contributed by atoms with Crippen molar-refractivity contribution in [1.29, 1.82) is 0 Å². The van der Waals surface area contributed by atoms with Gasteiger partial charge in [-0.2, -0.15) is 4.99 Å². The largest absolute Gasteiger partial charge is 0.491 e. The number of piperazine rings is 1. The molecule has 0 spiro atoms. The number of ether oxygens (including phenoxy) is 3. The zero-order chi connectivity index (χ0) is 29.8. The van der Waals surface area contributed by atoms with Crippen molar-refractivity contribution < 1.29 is 19.0 Å². The smallest absolute Gasteiger partial charge is 0.283 e. The van der Waals surface area contributed by atoms with Gasteiger partial charge in [-0.3, -0.25) is 19.2 Å². The number of morpholine rings is 1. The minimum atomic E-state index is -0.445. The summed E-state index contributed by atoms with van der Waals surface area (Å²) in [4.78, 5) is 38.5. The predicted octanol–water partition coefficient (Wildman–Crippen LogP) is 1.63. The molecular weight excluding hydrogens is 550 g/mol. The number of carbonyl (C=O) groups is 1. The highest BCUT2D eigenvalue weighted by Gasteiger charge is 2.23. The number of benzene rings is 1. The summed E-state index contributed by atoms with van der Waals surface area (Å²) < 4.78 is 19.3. The second-order valence-electron chi connectivity index (χ2n) is 11.3. The molecule has 6 rings (SSSR count). The second-order valence-corrected chi connectivity index (χ2v) is 11.3. The van der Waals surface area contributed by atoms with E-state index >= 15 is 0 Å². The first-order valence-electron chi connectivity index (χ1n) is 15.2. The number of hydrogen-bond acceptors (Lipinski definition) is 11. The van der Waals surface area contributed by atoms with E-state index in [0.29, 0.717) is 59.9 Å². The number of aromatic nitrogens is 4. The van der Waals surface area contributed by atoms with E-state index < -0.39 is 5.91 Å². The van der Waals surface area contributed by atoms with Gasteiger partial charge in [-0.1, -0.05) is 0 Å². The SMILES string of the molecule is COc1c(OCCCN2CCOCC2)ccc2c3n(c(=NC(=O)c4cnc(N5CCN(C(C)C)CC5)nc4)nc12)CCN3. The lowest BCUT2D eigenvalue weighted by Crippen LogP contribution is -2.49. The van der Waals surface area contributed by atoms with Crippen LogP contribution in [0.5, 0.6) is 11.5 Å². The molecule has 5 heterocycles. The van der Waals surface area contributed by atoms with Crippen LogP contribution >= 0.6 is 0 Å². The van der Waals surface area contributed by atoms with Crippen molar-refractivity contribution in [3.63, 3.8) is 0 Å². The fraction of sp³-hybridized carbons (Fsp3) is 0.567. The first kappa shape index (κ1) is 29.3. The van der Waals surface area contributed by atoms with E-state index in [9.17, 15) is 4.79 Å². The number of rotatable bonds is 9. The van der Waals surface area contributed by atoms with E-state index in [2.05, 4.69) is 48.8 Å². The van der Waals surface area contributed by atoms with Crippen LogP contribution in [-0.4, -0.2) is 121 Å². The summed E-state index contributed by atoms with van der Waals surface area (Å²) in [6, 6.07) is 4.42. The number of anilines is 2. The summed E-state index contributed by atoms with van der Waals surface area (Å²) >= 11 is 0. The Morgan fingerprint density at radius 2 is 1.84 bits per heavy atom. The van der Waals surface area contributed by atoms with Crippen LogP contribution in [0.4, 0.5) is 11.8 Å². The van der Waals surface area contributed by atoms with Crippen LogP contribution in [0.1, 0.15) is 30.6 Å². The monoisotopic (exact) mass is 591 g/mol. The van der Waals surface area contributed by atoms with E-state index in [-0.39, 0.29) is 0 Å². The van der Waals surface area contributed by atoms with Gasteiger partial charge in [0.2, 0.25) is 11.6 Å². The van der Waals surface area contributed by atoms with Crippen LogP contribution in [-0.2, 0) is 11.3 Å². The maximum atomic E-state index is 13.3. The van der Waals surface area contributed by atoms with Crippen molar-refractivity contribution in [1.82, 2.24) is 29.3 Å². The second kappa shape index (κ2) is 13.2. The van der Waals surface area contributed by atoms with E-state index in [1.807, 2.05) is 16.7 Å². The van der Waals surface area contributed by atoms with E-state index in [1.165, 1.54) is 0 Å². The third-order valence-electron chi connectivity index (χ3n) is 8.30. The van der Waals surface area contributed by atoms with Crippen molar-refractivity contribution in [2.45, 2.75) is 32.9 Å². The topological polar surface area (TPSA) is 122 Å². The minimum Gasteiger partial charge on any atom is -0.491 e. The Balaban J connectivity index is 1.21. The zero-order valence-electron chi connectivity index (χ0n) is 25.3. The molecule has 0 bridgehead atoms. The molecular formula is C30H41N9O4. The van der Waals surface area contributed by atoms with Crippen molar-refractivity contribution in [3.8, 4) is 11.5 Å². The molecule has 0 radical (unpaired) electrons. The molecule has 0 unspecified atom stereocenters. The maximum absolute atomic E-state index is 13.3. The van der Waals surface area contributed by atoms with Crippen molar-refractivity contribution in [2.24, 2.45) is 4.99 Å². The molecule has 2 aromatic heterocycles. The van der Waals surface area contributed by atoms with Crippen LogP contribution in [0.15, 0.2) is 29.5 Å². The molecule has 3 aromatic rings. The van der Waals surface area contributed by atoms with Gasteiger partial charge in [0.15, 0.2) is 11.5 Å². The summed E-state index contributed by atoms with van der Waals surface area (Å²) in [5, 5.41) is 4.30. The molecule has 13 nitrogen and oxygen atoms in total. The van der Waals surface area contributed by atoms with Crippen LogP contribution in [0.3, 0.4) is 0 Å². The van der Waals surface area contributed by atoms with Gasteiger partial charge in [-0.15, -0.1) is 0 Å². The van der Waals surface area contributed by atoms with Gasteiger partial charge in [0.05, 0.1) is 32.5 Å². The molecule has 0 aliphatic carbocycles. The first-order valence-corrected chi connectivity index (χ1v) is 15.2. The van der Waals surface area contributed by atoms with Gasteiger partial charge in [-0.25, -0.2) is 15.0 Å². The molecule has 1 amide bonds. The highest BCUT2D eigenvalue weighted by molar-refractivity contribution is 5.96. The number of carbonyl (C=O) groups excluding carboxylic acids is 1. The molecule has 0 atom stereocenters. The molecule has 2 saturated heterocycles. The maximum Gasteiger partial charge on any atom is 0.283 e. The van der Waals surface area contributed by atoms with Crippen molar-refractivity contribution in [2.75, 3.05) is 89.5 Å². The first-order chi connectivity index (χ1) is 21.0. The molecule has 3 aliphatic heterocycles. The van der Waals surface area contributed by atoms with Crippen LogP contribution in [0, 0.1) is 0 Å². The zero-order valence-corrected chi connectivity index (χ0v) is 25.3. The number of methoxy groups -OCH3 is 1. The van der Waals surface area contributed by atoms with E-state index in [1.54, 1.807) is 19.5 Å². The van der Waals surface area contributed by atoms with Gasteiger partial charge >= 0.3 is 0 Å². The molecule has 1 aromatic carbocycles. The molecule has 230 valence electrons. The number of nitrogens with zero attached hydrogens (tertiary/aromatic N) is 8. The summed E-state index contributed by atoms with van der Waals surface area (Å²) in [6.07, 6.45) is 3.99. The lowest BCUT2D eigenvalue weighted by Gasteiger charge is -2.36. The number of hydrogen-bond donors (Lipinski definition) is 1. The average Bonchev–Trinajstić information content (AvgIpc) is 3.54. The van der Waals surface area contributed by atoms with Crippen LogP contribution < -0.4 is 25.3 Å². The summed E-state index contributed by atoms with van der Waals surface area (Å²) in [6.45, 7) is 14.4. The molecule has 0 saturated carbocycles. The van der Waals surface area contributed by atoms with Crippen LogP contribution in [0.25, 0.3) is 10.9 Å². The van der Waals surface area contributed by atoms with Crippen LogP contribution in [0.2, 0.25) is 0 Å². The number of nitrogens with one attached hydrogen (secondary N) is 1. The molecule has 2 fully saturated rings. The summed E-state index contributed by atoms with van der Waals surface area (Å²) in [5.41, 5.74) is 1.21. The summed E-state index contributed by atoms with van der Waals surface area (Å²) in [5.74, 6) is 2.17. The van der Waals surface area contributed by atoms with E-state index in [4.69, 9.17) is 19.2 Å². The molecule has 43 heavy (non-hydrogen) atoms. The Morgan fingerprint density at radius 1 is 1.07 bits per heavy atom. The van der Waals surface area contributed by atoms with Gasteiger partial charge in [0, 0.05) is 82.7 Å². The minimum absolute atomic E-state index is 0.300.